The highest BCUT2D eigenvalue weighted by Crippen LogP contribution is 2.15. The van der Waals surface area contributed by atoms with E-state index >= 15 is 0 Å². The number of thiol groups is 1. The fourth-order valence-electron chi connectivity index (χ4n) is 1.66. The molecule has 1 aromatic carbocycles. The third-order valence-electron chi connectivity index (χ3n) is 2.82. The molecule has 0 spiro atoms. The van der Waals surface area contributed by atoms with Crippen LogP contribution in [-0.2, 0) is 11.3 Å². The van der Waals surface area contributed by atoms with E-state index in [1.165, 1.54) is 11.1 Å². The molecule has 0 atom stereocenters. The molecule has 17 heavy (non-hydrogen) atoms. The Hall–Kier alpha value is -0.960. The van der Waals surface area contributed by atoms with Crippen LogP contribution in [0.5, 0.6) is 0 Å². The lowest BCUT2D eigenvalue weighted by molar-refractivity contribution is -0.129. The molecule has 0 heterocycles. The van der Waals surface area contributed by atoms with Crippen LogP contribution in [0.4, 0.5) is 0 Å². The van der Waals surface area contributed by atoms with Crippen LogP contribution in [-0.4, -0.2) is 23.6 Å². The smallest absolute Gasteiger partial charge is 0.223 e. The first-order valence-corrected chi connectivity index (χ1v) is 6.61. The standard InChI is InChI=1S/C14H21NOS/c1-11(2)13-6-4-12(5-7-13)10-15(3)14(16)8-9-17/h4-7,11,17H,8-10H2,1-3H3. The van der Waals surface area contributed by atoms with Gasteiger partial charge in [0.15, 0.2) is 0 Å². The van der Waals surface area contributed by atoms with Crippen LogP contribution in [0.1, 0.15) is 37.3 Å². The van der Waals surface area contributed by atoms with Gasteiger partial charge in [0.1, 0.15) is 0 Å². The van der Waals surface area contributed by atoms with E-state index in [1.807, 2.05) is 7.05 Å². The topological polar surface area (TPSA) is 20.3 Å². The summed E-state index contributed by atoms with van der Waals surface area (Å²) < 4.78 is 0. The molecular weight excluding hydrogens is 230 g/mol. The summed E-state index contributed by atoms with van der Waals surface area (Å²) in [5.41, 5.74) is 2.50. The van der Waals surface area contributed by atoms with Gasteiger partial charge >= 0.3 is 0 Å². The fraction of sp³-hybridized carbons (Fsp3) is 0.500. The van der Waals surface area contributed by atoms with E-state index in [-0.39, 0.29) is 5.91 Å². The van der Waals surface area contributed by atoms with Gasteiger partial charge in [-0.3, -0.25) is 4.79 Å². The number of hydrogen-bond donors (Lipinski definition) is 1. The van der Waals surface area contributed by atoms with E-state index in [0.717, 1.165) is 0 Å². The predicted molar refractivity (Wildman–Crippen MR) is 75.5 cm³/mol. The molecule has 0 aliphatic rings. The number of amides is 1. The summed E-state index contributed by atoms with van der Waals surface area (Å²) in [6.45, 7) is 5.03. The molecule has 0 bridgehead atoms. The molecule has 0 aliphatic heterocycles. The van der Waals surface area contributed by atoms with E-state index in [0.29, 0.717) is 24.6 Å². The number of nitrogens with zero attached hydrogens (tertiary/aromatic N) is 1. The van der Waals surface area contributed by atoms with Crippen molar-refractivity contribution in [2.45, 2.75) is 32.7 Å². The van der Waals surface area contributed by atoms with Gasteiger partial charge in [-0.1, -0.05) is 38.1 Å². The Kier molecular flexibility index (Phi) is 5.56. The maximum Gasteiger partial charge on any atom is 0.223 e. The molecule has 0 aliphatic carbocycles. The molecule has 2 nitrogen and oxygen atoms in total. The lowest BCUT2D eigenvalue weighted by Crippen LogP contribution is -2.26. The minimum absolute atomic E-state index is 0.146. The van der Waals surface area contributed by atoms with E-state index in [9.17, 15) is 4.79 Å². The van der Waals surface area contributed by atoms with Crippen molar-refractivity contribution in [3.8, 4) is 0 Å². The van der Waals surface area contributed by atoms with Gasteiger partial charge in [0.05, 0.1) is 0 Å². The third kappa shape index (κ3) is 4.43. The molecular formula is C14H21NOS. The van der Waals surface area contributed by atoms with E-state index in [4.69, 9.17) is 0 Å². The Morgan fingerprint density at radius 3 is 2.35 bits per heavy atom. The van der Waals surface area contributed by atoms with Gasteiger partial charge in [-0.25, -0.2) is 0 Å². The number of benzene rings is 1. The fourth-order valence-corrected chi connectivity index (χ4v) is 1.85. The van der Waals surface area contributed by atoms with Crippen molar-refractivity contribution < 1.29 is 4.79 Å². The Labute approximate surface area is 109 Å². The number of hydrogen-bond acceptors (Lipinski definition) is 2. The van der Waals surface area contributed by atoms with Crippen molar-refractivity contribution >= 4 is 18.5 Å². The Morgan fingerprint density at radius 2 is 1.88 bits per heavy atom. The molecule has 0 N–H and O–H groups in total. The molecule has 0 radical (unpaired) electrons. The monoisotopic (exact) mass is 251 g/mol. The van der Waals surface area contributed by atoms with Crippen LogP contribution in [0.3, 0.4) is 0 Å². The van der Waals surface area contributed by atoms with Crippen molar-refractivity contribution in [3.05, 3.63) is 35.4 Å². The van der Waals surface area contributed by atoms with Crippen molar-refractivity contribution in [3.63, 3.8) is 0 Å². The van der Waals surface area contributed by atoms with Gasteiger partial charge in [-0.15, -0.1) is 0 Å². The highest BCUT2D eigenvalue weighted by atomic mass is 32.1. The van der Waals surface area contributed by atoms with Gasteiger partial charge < -0.3 is 4.90 Å². The van der Waals surface area contributed by atoms with E-state index in [2.05, 4.69) is 50.7 Å². The maximum absolute atomic E-state index is 11.6. The maximum atomic E-state index is 11.6. The zero-order valence-corrected chi connectivity index (χ0v) is 11.7. The Bertz CT molecular complexity index is 359. The van der Waals surface area contributed by atoms with Crippen molar-refractivity contribution in [1.82, 2.24) is 4.90 Å². The quantitative estimate of drug-likeness (QED) is 0.797. The Morgan fingerprint density at radius 1 is 1.29 bits per heavy atom. The van der Waals surface area contributed by atoms with Crippen LogP contribution < -0.4 is 0 Å². The first kappa shape index (κ1) is 14.1. The van der Waals surface area contributed by atoms with Crippen LogP contribution in [0.2, 0.25) is 0 Å². The number of carbonyl (C=O) groups excluding carboxylic acids is 1. The SMILES string of the molecule is CC(C)c1ccc(CN(C)C(=O)CCS)cc1. The van der Waals surface area contributed by atoms with E-state index in [1.54, 1.807) is 4.90 Å². The van der Waals surface area contributed by atoms with Gasteiger partial charge in [-0.2, -0.15) is 12.6 Å². The number of carbonyl (C=O) groups is 1. The largest absolute Gasteiger partial charge is 0.341 e. The summed E-state index contributed by atoms with van der Waals surface area (Å²) in [4.78, 5) is 13.4. The molecule has 0 saturated heterocycles. The minimum Gasteiger partial charge on any atom is -0.341 e. The lowest BCUT2D eigenvalue weighted by atomic mass is 10.0. The molecule has 1 amide bonds. The van der Waals surface area contributed by atoms with Crippen LogP contribution in [0.15, 0.2) is 24.3 Å². The summed E-state index contributed by atoms with van der Waals surface area (Å²) in [5, 5.41) is 0. The van der Waals surface area contributed by atoms with E-state index < -0.39 is 0 Å². The first-order chi connectivity index (χ1) is 8.04. The van der Waals surface area contributed by atoms with Crippen molar-refractivity contribution in [1.29, 1.82) is 0 Å². The van der Waals surface area contributed by atoms with Gasteiger partial charge in [0.25, 0.3) is 0 Å². The highest BCUT2D eigenvalue weighted by Gasteiger charge is 2.08. The second-order valence-electron chi connectivity index (χ2n) is 4.62. The minimum atomic E-state index is 0.146. The molecule has 3 heteroatoms. The zero-order chi connectivity index (χ0) is 12.8. The summed E-state index contributed by atoms with van der Waals surface area (Å²) in [6.07, 6.45) is 0.504. The summed E-state index contributed by atoms with van der Waals surface area (Å²) >= 11 is 4.07. The predicted octanol–water partition coefficient (Wildman–Crippen LogP) is 3.09. The molecule has 0 fully saturated rings. The van der Waals surface area contributed by atoms with Crippen LogP contribution in [0.25, 0.3) is 0 Å². The molecule has 1 aromatic rings. The number of rotatable bonds is 5. The third-order valence-corrected chi connectivity index (χ3v) is 3.04. The first-order valence-electron chi connectivity index (χ1n) is 5.98. The average Bonchev–Trinajstić information content (AvgIpc) is 2.30. The lowest BCUT2D eigenvalue weighted by Gasteiger charge is -2.17. The summed E-state index contributed by atoms with van der Waals surface area (Å²) in [5.74, 6) is 1.30. The molecule has 1 rings (SSSR count). The Balaban J connectivity index is 2.60. The zero-order valence-electron chi connectivity index (χ0n) is 10.8. The normalized spacial score (nSPS) is 10.6. The van der Waals surface area contributed by atoms with Crippen molar-refractivity contribution in [2.75, 3.05) is 12.8 Å². The van der Waals surface area contributed by atoms with Crippen molar-refractivity contribution in [2.24, 2.45) is 0 Å². The molecule has 0 unspecified atom stereocenters. The van der Waals surface area contributed by atoms with Gasteiger partial charge in [-0.05, 0) is 22.8 Å². The van der Waals surface area contributed by atoms with Crippen LogP contribution in [0, 0.1) is 0 Å². The van der Waals surface area contributed by atoms with Crippen LogP contribution >= 0.6 is 12.6 Å². The summed E-state index contributed by atoms with van der Waals surface area (Å²) in [6, 6.07) is 8.47. The van der Waals surface area contributed by atoms with Gasteiger partial charge in [0, 0.05) is 20.0 Å². The molecule has 0 aromatic heterocycles. The average molecular weight is 251 g/mol. The second kappa shape index (κ2) is 6.70. The summed E-state index contributed by atoms with van der Waals surface area (Å²) in [7, 11) is 1.84. The molecule has 94 valence electrons. The molecule has 0 saturated carbocycles. The van der Waals surface area contributed by atoms with Gasteiger partial charge in [0.2, 0.25) is 5.91 Å². The highest BCUT2D eigenvalue weighted by molar-refractivity contribution is 7.80. The second-order valence-corrected chi connectivity index (χ2v) is 5.07.